The first kappa shape index (κ1) is 29.7. The average molecular weight is 574 g/mol. The minimum atomic E-state index is -1.35. The summed E-state index contributed by atoms with van der Waals surface area (Å²) in [5.41, 5.74) is 0.295. The van der Waals surface area contributed by atoms with Crippen LogP contribution < -0.4 is 10.2 Å². The molecule has 0 bridgehead atoms. The second-order valence-corrected chi connectivity index (χ2v) is 10.7. The zero-order chi connectivity index (χ0) is 25.8. The molecule has 194 valence electrons. The van der Waals surface area contributed by atoms with E-state index in [1.165, 1.54) is 21.6 Å². The summed E-state index contributed by atoms with van der Waals surface area (Å²) in [5, 5.41) is 2.64. The number of halogens is 6. The molecule has 0 aliphatic rings. The van der Waals surface area contributed by atoms with Crippen LogP contribution in [0.2, 0.25) is 0 Å². The number of ether oxygens (including phenoxy) is 1. The van der Waals surface area contributed by atoms with Crippen molar-refractivity contribution in [3.8, 4) is 0 Å². The summed E-state index contributed by atoms with van der Waals surface area (Å²) in [4.78, 5) is 14.0. The van der Waals surface area contributed by atoms with Crippen molar-refractivity contribution in [2.75, 3.05) is 53.2 Å². The van der Waals surface area contributed by atoms with Crippen LogP contribution in [0.4, 0.5) is 33.7 Å². The summed E-state index contributed by atoms with van der Waals surface area (Å²) in [7, 11) is 2.83. The molecule has 0 aromatic heterocycles. The Kier molecular flexibility index (Phi) is 13.2. The largest absolute Gasteiger partial charge is 0.448 e. The lowest BCUT2D eigenvalue weighted by Gasteiger charge is -2.23. The van der Waals surface area contributed by atoms with E-state index in [-0.39, 0.29) is 13.0 Å². The van der Waals surface area contributed by atoms with E-state index >= 15 is 0 Å². The van der Waals surface area contributed by atoms with Crippen LogP contribution >= 0.6 is 44.8 Å². The minimum absolute atomic E-state index is 0.118. The van der Waals surface area contributed by atoms with Gasteiger partial charge in [0.05, 0.1) is 0 Å². The Morgan fingerprint density at radius 2 is 1.51 bits per heavy atom. The fourth-order valence-electron chi connectivity index (χ4n) is 3.08. The van der Waals surface area contributed by atoms with Crippen molar-refractivity contribution in [3.63, 3.8) is 0 Å². The zero-order valence-corrected chi connectivity index (χ0v) is 22.2. The van der Waals surface area contributed by atoms with Gasteiger partial charge in [0, 0.05) is 58.9 Å². The van der Waals surface area contributed by atoms with Crippen LogP contribution in [-0.4, -0.2) is 49.1 Å². The van der Waals surface area contributed by atoms with Crippen LogP contribution in [0, 0.1) is 30.2 Å². The molecule has 0 radical (unpaired) electrons. The Morgan fingerprint density at radius 3 is 2.09 bits per heavy atom. The quantitative estimate of drug-likeness (QED) is 0.0839. The van der Waals surface area contributed by atoms with Crippen molar-refractivity contribution >= 4 is 62.3 Å². The molecule has 1 N–H and O–H groups in total. The average Bonchev–Trinajstić information content (AvgIpc) is 2.85. The lowest BCUT2D eigenvalue weighted by atomic mass is 10.0. The number of rotatable bonds is 14. The van der Waals surface area contributed by atoms with Gasteiger partial charge in [0.2, 0.25) is 0 Å². The third-order valence-corrected chi connectivity index (χ3v) is 7.69. The van der Waals surface area contributed by atoms with E-state index in [4.69, 9.17) is 27.9 Å². The summed E-state index contributed by atoms with van der Waals surface area (Å²) >= 11 is 11.6. The molecule has 2 rings (SSSR count). The first-order valence-electron chi connectivity index (χ1n) is 10.8. The summed E-state index contributed by atoms with van der Waals surface area (Å²) in [6.45, 7) is 2.48. The van der Waals surface area contributed by atoms with E-state index in [0.717, 1.165) is 12.6 Å². The number of hydrogen-bond acceptors (Lipinski definition) is 5. The number of carbonyl (C=O) groups is 1. The van der Waals surface area contributed by atoms with E-state index in [1.807, 2.05) is 17.0 Å². The maximum atomic E-state index is 13.9. The van der Waals surface area contributed by atoms with Gasteiger partial charge in [-0.25, -0.2) is 22.4 Å². The summed E-state index contributed by atoms with van der Waals surface area (Å²) in [6, 6.07) is 7.23. The molecule has 0 aliphatic carbocycles. The van der Waals surface area contributed by atoms with Crippen molar-refractivity contribution in [2.45, 2.75) is 19.8 Å². The molecule has 12 heteroatoms. The molecule has 0 aliphatic heterocycles. The van der Waals surface area contributed by atoms with Crippen molar-refractivity contribution in [2.24, 2.45) is 0 Å². The number of anilines is 2. The molecule has 35 heavy (non-hydrogen) atoms. The number of benzene rings is 2. The van der Waals surface area contributed by atoms with Gasteiger partial charge in [0.1, 0.15) is 6.61 Å². The minimum Gasteiger partial charge on any atom is -0.448 e. The third kappa shape index (κ3) is 9.15. The number of nitrogens with zero attached hydrogens (tertiary/aromatic N) is 1. The van der Waals surface area contributed by atoms with E-state index in [2.05, 4.69) is 5.32 Å². The smallest absolute Gasteiger partial charge is 0.411 e. The number of alkyl halides is 2. The lowest BCUT2D eigenvalue weighted by molar-refractivity contribution is 0.169. The Balaban J connectivity index is 1.63. The fraction of sp³-hybridized carbons (Fsp3) is 0.435. The number of nitrogens with one attached hydrogen (secondary N) is 1. The molecule has 0 saturated carbocycles. The molecule has 0 atom stereocenters. The molecule has 1 amide bonds. The molecular weight excluding hydrogens is 547 g/mol. The van der Waals surface area contributed by atoms with Gasteiger partial charge in [-0.05, 0) is 44.0 Å². The highest BCUT2D eigenvalue weighted by atomic mass is 35.5. The molecule has 2 aromatic carbocycles. The molecule has 0 spiro atoms. The highest BCUT2D eigenvalue weighted by Gasteiger charge is 2.22. The van der Waals surface area contributed by atoms with Crippen LogP contribution in [0.5, 0.6) is 0 Å². The second kappa shape index (κ2) is 15.6. The summed E-state index contributed by atoms with van der Waals surface area (Å²) in [6.07, 6.45) is -0.374. The van der Waals surface area contributed by atoms with E-state index in [9.17, 15) is 22.4 Å². The van der Waals surface area contributed by atoms with E-state index < -0.39 is 40.5 Å². The van der Waals surface area contributed by atoms with Crippen molar-refractivity contribution in [1.82, 2.24) is 0 Å². The van der Waals surface area contributed by atoms with Gasteiger partial charge in [0.25, 0.3) is 0 Å². The maximum absolute atomic E-state index is 13.9. The van der Waals surface area contributed by atoms with Crippen LogP contribution in [0.25, 0.3) is 0 Å². The Morgan fingerprint density at radius 1 is 0.943 bits per heavy atom. The lowest BCUT2D eigenvalue weighted by Crippen LogP contribution is -2.27. The van der Waals surface area contributed by atoms with Crippen LogP contribution in [0.15, 0.2) is 24.3 Å². The van der Waals surface area contributed by atoms with Crippen LogP contribution in [-0.2, 0) is 11.2 Å². The Labute approximate surface area is 220 Å². The first-order chi connectivity index (χ1) is 16.8. The predicted octanol–water partition coefficient (Wildman–Crippen LogP) is 7.40. The Hall–Kier alpha value is -1.49. The second-order valence-electron chi connectivity index (χ2n) is 7.28. The van der Waals surface area contributed by atoms with Gasteiger partial charge in [0.15, 0.2) is 23.3 Å². The molecular formula is C23H26Cl2F4N2O2S2. The Bertz CT molecular complexity index is 937. The zero-order valence-electron chi connectivity index (χ0n) is 19.0. The summed E-state index contributed by atoms with van der Waals surface area (Å²) in [5.74, 6) is -3.43. The van der Waals surface area contributed by atoms with Gasteiger partial charge in [-0.1, -0.05) is 21.6 Å². The van der Waals surface area contributed by atoms with Gasteiger partial charge in [-0.2, -0.15) is 0 Å². The van der Waals surface area contributed by atoms with E-state index in [0.29, 0.717) is 48.5 Å². The van der Waals surface area contributed by atoms with Crippen molar-refractivity contribution in [1.29, 1.82) is 0 Å². The molecule has 0 saturated heterocycles. The third-order valence-electron chi connectivity index (χ3n) is 4.90. The number of carbonyl (C=O) groups excluding carboxylic acids is 1. The molecule has 4 nitrogen and oxygen atoms in total. The summed E-state index contributed by atoms with van der Waals surface area (Å²) < 4.78 is 60.1. The normalized spacial score (nSPS) is 10.9. The van der Waals surface area contributed by atoms with Gasteiger partial charge >= 0.3 is 6.09 Å². The maximum Gasteiger partial charge on any atom is 0.411 e. The standard InChI is InChI=1S/C23H26Cl2F4N2O2S2/c1-15-19(26)21(28)18(22(29)20(15)27)3-2-13-34-35-14-12-33-23(32)30-16-4-6-17(7-5-16)31(10-8-24)11-9-25/h4-7H,2-3,8-14H2,1H3,(H,30,32). The van der Waals surface area contributed by atoms with Gasteiger partial charge in [-0.3, -0.25) is 5.32 Å². The molecule has 0 unspecified atom stereocenters. The molecule has 2 aromatic rings. The molecule has 0 fully saturated rings. The predicted molar refractivity (Wildman–Crippen MR) is 139 cm³/mol. The van der Waals surface area contributed by atoms with Crippen molar-refractivity contribution in [3.05, 3.63) is 58.7 Å². The van der Waals surface area contributed by atoms with E-state index in [1.54, 1.807) is 12.1 Å². The monoisotopic (exact) mass is 572 g/mol. The SMILES string of the molecule is Cc1c(F)c(F)c(CCCSSCCOC(=O)Nc2ccc(N(CCCl)CCCl)cc2)c(F)c1F. The highest BCUT2D eigenvalue weighted by molar-refractivity contribution is 8.76. The topological polar surface area (TPSA) is 41.6 Å². The van der Waals surface area contributed by atoms with Crippen LogP contribution in [0.1, 0.15) is 17.5 Å². The van der Waals surface area contributed by atoms with Crippen molar-refractivity contribution < 1.29 is 27.1 Å². The number of hydrogen-bond donors (Lipinski definition) is 1. The van der Waals surface area contributed by atoms with Gasteiger partial charge < -0.3 is 9.64 Å². The number of amides is 1. The fourth-order valence-corrected chi connectivity index (χ4v) is 5.41. The molecule has 0 heterocycles. The van der Waals surface area contributed by atoms with Gasteiger partial charge in [-0.15, -0.1) is 23.2 Å². The highest BCUT2D eigenvalue weighted by Crippen LogP contribution is 2.27. The van der Waals surface area contributed by atoms with Crippen LogP contribution in [0.3, 0.4) is 0 Å². The first-order valence-corrected chi connectivity index (χ1v) is 14.3.